The minimum atomic E-state index is -2.93. The maximum atomic E-state index is 14.2. The third-order valence-electron chi connectivity index (χ3n) is 8.05. The first-order chi connectivity index (χ1) is 19.2. The van der Waals surface area contributed by atoms with Crippen molar-refractivity contribution in [3.63, 3.8) is 0 Å². The molecule has 2 aromatic carbocycles. The molecule has 0 N–H and O–H groups in total. The molecule has 3 atom stereocenters. The van der Waals surface area contributed by atoms with Crippen LogP contribution >= 0.6 is 11.3 Å². The van der Waals surface area contributed by atoms with Crippen molar-refractivity contribution in [1.29, 1.82) is 0 Å². The molecule has 1 fully saturated rings. The van der Waals surface area contributed by atoms with Crippen molar-refractivity contribution in [2.75, 3.05) is 6.54 Å². The zero-order valence-electron chi connectivity index (χ0n) is 21.9. The topological polar surface area (TPSA) is 68.1 Å². The normalized spacial score (nSPS) is 21.8. The summed E-state index contributed by atoms with van der Waals surface area (Å²) in [5, 5.41) is 6.83. The predicted octanol–water partition coefficient (Wildman–Crippen LogP) is 5.98. The average molecular weight is 579 g/mol. The van der Waals surface area contributed by atoms with Gasteiger partial charge in [-0.05, 0) is 91.7 Å². The SMILES string of the molecule is C=S(=O)(c1ccc(F)cc1)N(CC)[C@H]1CCC2=Cc3c(cnn3-c3ccc(F)cc3)C[C@]2(C(=O)c2nccs2)C1. The van der Waals surface area contributed by atoms with Crippen molar-refractivity contribution in [3.05, 3.63) is 99.8 Å². The Morgan fingerprint density at radius 1 is 1.18 bits per heavy atom. The lowest BCUT2D eigenvalue weighted by atomic mass is 9.61. The van der Waals surface area contributed by atoms with Gasteiger partial charge < -0.3 is 0 Å². The fourth-order valence-corrected chi connectivity index (χ4v) is 8.73. The van der Waals surface area contributed by atoms with Gasteiger partial charge in [0, 0.05) is 29.1 Å². The summed E-state index contributed by atoms with van der Waals surface area (Å²) >= 11 is 1.32. The van der Waals surface area contributed by atoms with E-state index in [1.807, 2.05) is 11.2 Å². The Hall–Kier alpha value is -3.47. The largest absolute Gasteiger partial charge is 0.290 e. The number of hydrogen-bond acceptors (Lipinski definition) is 5. The number of benzene rings is 2. The molecule has 0 radical (unpaired) electrons. The number of nitrogens with zero attached hydrogens (tertiary/aromatic N) is 4. The number of halogens is 2. The first-order valence-corrected chi connectivity index (χ1v) is 15.7. The van der Waals surface area contributed by atoms with Crippen LogP contribution in [0.1, 0.15) is 47.2 Å². The maximum Gasteiger partial charge on any atom is 0.201 e. The van der Waals surface area contributed by atoms with E-state index < -0.39 is 20.9 Å². The van der Waals surface area contributed by atoms with Crippen molar-refractivity contribution in [1.82, 2.24) is 19.1 Å². The molecular weight excluding hydrogens is 550 g/mol. The van der Waals surface area contributed by atoms with Gasteiger partial charge in [0.1, 0.15) is 11.6 Å². The predicted molar refractivity (Wildman–Crippen MR) is 154 cm³/mol. The summed E-state index contributed by atoms with van der Waals surface area (Å²) in [6, 6.07) is 11.6. The van der Waals surface area contributed by atoms with Crippen molar-refractivity contribution in [2.45, 2.75) is 43.5 Å². The van der Waals surface area contributed by atoms with Gasteiger partial charge in [-0.3, -0.25) is 4.79 Å². The van der Waals surface area contributed by atoms with Crippen LogP contribution in [0.15, 0.2) is 76.8 Å². The molecule has 0 amide bonds. The lowest BCUT2D eigenvalue weighted by Gasteiger charge is -2.47. The highest BCUT2D eigenvalue weighted by Gasteiger charge is 2.51. The molecule has 2 aliphatic carbocycles. The molecule has 2 aliphatic rings. The molecule has 0 spiro atoms. The Morgan fingerprint density at radius 2 is 1.88 bits per heavy atom. The maximum absolute atomic E-state index is 14.2. The molecule has 10 heteroatoms. The van der Waals surface area contributed by atoms with Crippen molar-refractivity contribution in [3.8, 4) is 5.69 Å². The number of thiazole rings is 1. The van der Waals surface area contributed by atoms with Crippen LogP contribution in [0.3, 0.4) is 0 Å². The Balaban J connectivity index is 1.41. The molecule has 2 heterocycles. The van der Waals surface area contributed by atoms with Gasteiger partial charge in [0.15, 0.2) is 5.01 Å². The second-order valence-corrected chi connectivity index (χ2v) is 13.4. The van der Waals surface area contributed by atoms with Gasteiger partial charge in [-0.2, -0.15) is 5.10 Å². The minimum absolute atomic E-state index is 0.0490. The summed E-state index contributed by atoms with van der Waals surface area (Å²) in [7, 11) is -2.93. The van der Waals surface area contributed by atoms with E-state index in [4.69, 9.17) is 0 Å². The first-order valence-electron chi connectivity index (χ1n) is 13.1. The van der Waals surface area contributed by atoms with Crippen LogP contribution in [0.2, 0.25) is 0 Å². The van der Waals surface area contributed by atoms with Crippen LogP contribution in [-0.4, -0.2) is 47.5 Å². The fraction of sp³-hybridized carbons (Fsp3) is 0.267. The van der Waals surface area contributed by atoms with Gasteiger partial charge in [0.2, 0.25) is 5.78 Å². The molecular formula is C30H28F2N4O2S2. The first kappa shape index (κ1) is 26.7. The van der Waals surface area contributed by atoms with E-state index in [1.165, 1.54) is 47.7 Å². The second kappa shape index (κ2) is 10.2. The monoisotopic (exact) mass is 578 g/mol. The Kier molecular flexibility index (Phi) is 6.80. The zero-order chi connectivity index (χ0) is 28.1. The Labute approximate surface area is 236 Å². The molecule has 40 heavy (non-hydrogen) atoms. The minimum Gasteiger partial charge on any atom is -0.290 e. The third-order valence-corrected chi connectivity index (χ3v) is 11.1. The Bertz CT molecular complexity index is 1700. The molecule has 1 saturated carbocycles. The van der Waals surface area contributed by atoms with E-state index in [2.05, 4.69) is 22.0 Å². The van der Waals surface area contributed by atoms with Crippen molar-refractivity contribution >= 4 is 38.8 Å². The lowest BCUT2D eigenvalue weighted by molar-refractivity contribution is 0.0747. The molecule has 6 nitrogen and oxygen atoms in total. The number of rotatable bonds is 7. The van der Waals surface area contributed by atoms with E-state index in [0.29, 0.717) is 42.1 Å². The number of aromatic nitrogens is 3. The Morgan fingerprint density at radius 3 is 2.52 bits per heavy atom. The van der Waals surface area contributed by atoms with Crippen LogP contribution < -0.4 is 0 Å². The quantitative estimate of drug-likeness (QED) is 0.200. The number of fused-ring (bicyclic) bond motifs is 2. The number of carbonyl (C=O) groups excluding carboxylic acids is 1. The summed E-state index contributed by atoms with van der Waals surface area (Å²) in [6.45, 7) is 2.39. The summed E-state index contributed by atoms with van der Waals surface area (Å²) in [4.78, 5) is 19.1. The third kappa shape index (κ3) is 4.44. The van der Waals surface area contributed by atoms with Gasteiger partial charge in [-0.15, -0.1) is 11.3 Å². The van der Waals surface area contributed by atoms with Gasteiger partial charge >= 0.3 is 0 Å². The molecule has 0 saturated heterocycles. The molecule has 6 rings (SSSR count). The average Bonchev–Trinajstić information content (AvgIpc) is 3.63. The fourth-order valence-electron chi connectivity index (χ4n) is 6.15. The van der Waals surface area contributed by atoms with E-state index in [-0.39, 0.29) is 17.6 Å². The van der Waals surface area contributed by atoms with E-state index in [0.717, 1.165) is 22.5 Å². The van der Waals surface area contributed by atoms with E-state index >= 15 is 0 Å². The second-order valence-electron chi connectivity index (χ2n) is 10.3. The lowest BCUT2D eigenvalue weighted by Crippen LogP contribution is -2.50. The van der Waals surface area contributed by atoms with Crippen LogP contribution in [0.5, 0.6) is 0 Å². The van der Waals surface area contributed by atoms with E-state index in [9.17, 15) is 17.8 Å². The number of Topliss-reactive ketones (excluding diaryl/α,β-unsaturated/α-hetero) is 1. The summed E-state index contributed by atoms with van der Waals surface area (Å²) in [6.07, 6.45) is 7.62. The number of hydrogen-bond donors (Lipinski definition) is 0. The van der Waals surface area contributed by atoms with Gasteiger partial charge in [-0.25, -0.2) is 27.0 Å². The van der Waals surface area contributed by atoms with Crippen molar-refractivity contribution in [2.24, 2.45) is 5.41 Å². The highest BCUT2D eigenvalue weighted by Crippen LogP contribution is 2.51. The molecule has 206 valence electrons. The van der Waals surface area contributed by atoms with Gasteiger partial charge in [-0.1, -0.05) is 12.5 Å². The summed E-state index contributed by atoms with van der Waals surface area (Å²) < 4.78 is 45.0. The van der Waals surface area contributed by atoms with Crippen LogP contribution in [0, 0.1) is 17.0 Å². The molecule has 2 aromatic heterocycles. The highest BCUT2D eigenvalue weighted by molar-refractivity contribution is 7.98. The van der Waals surface area contributed by atoms with Crippen LogP contribution in [0.4, 0.5) is 8.78 Å². The smallest absolute Gasteiger partial charge is 0.201 e. The molecule has 1 unspecified atom stereocenters. The number of allylic oxidation sites excluding steroid dienone is 1. The van der Waals surface area contributed by atoms with Gasteiger partial charge in [0.05, 0.1) is 32.7 Å². The summed E-state index contributed by atoms with van der Waals surface area (Å²) in [5.41, 5.74) is 2.64. The number of ketones is 1. The summed E-state index contributed by atoms with van der Waals surface area (Å²) in [5.74, 6) is 3.33. The molecule has 0 aliphatic heterocycles. The van der Waals surface area contributed by atoms with Crippen molar-refractivity contribution < 1.29 is 17.8 Å². The highest BCUT2D eigenvalue weighted by atomic mass is 32.2. The standard InChI is InChI=1S/C30H28F2N4O2S2/c1-3-35(40(2,38)26-12-7-23(32)8-13-26)25-9-4-21-16-27-20(19-34-36(27)24-10-5-22(31)6-11-24)17-30(21,18-25)28(37)29-33-14-15-39-29/h5-8,10-16,19,25H,2-4,9,17-18H2,1H3/t25-,30-,40?/m0/s1. The van der Waals surface area contributed by atoms with Crippen LogP contribution in [-0.2, 0) is 16.1 Å². The molecule has 0 bridgehead atoms. The zero-order valence-corrected chi connectivity index (χ0v) is 23.6. The van der Waals surface area contributed by atoms with Crippen LogP contribution in [0.25, 0.3) is 11.8 Å². The van der Waals surface area contributed by atoms with Gasteiger partial charge in [0.25, 0.3) is 0 Å². The van der Waals surface area contributed by atoms with E-state index in [1.54, 1.807) is 34.6 Å². The number of carbonyl (C=O) groups is 1. The molecule has 4 aromatic rings.